The van der Waals surface area contributed by atoms with Crippen LogP contribution < -0.4 is 15.0 Å². The fourth-order valence-corrected chi connectivity index (χ4v) is 4.90. The third-order valence-corrected chi connectivity index (χ3v) is 7.11. The molecule has 2 aliphatic heterocycles. The van der Waals surface area contributed by atoms with Crippen LogP contribution in [0.4, 0.5) is 24.5 Å². The molecule has 1 N–H and O–H groups in total. The number of methoxy groups -OCH3 is 1. The van der Waals surface area contributed by atoms with Crippen LogP contribution in [0, 0.1) is 0 Å². The van der Waals surface area contributed by atoms with Crippen LogP contribution in [0.3, 0.4) is 0 Å². The first-order valence-electron chi connectivity index (χ1n) is 12.6. The monoisotopic (exact) mass is 504 g/mol. The van der Waals surface area contributed by atoms with Crippen LogP contribution in [-0.4, -0.2) is 74.7 Å². The predicted octanol–water partition coefficient (Wildman–Crippen LogP) is 4.72. The molecule has 2 aromatic carbocycles. The van der Waals surface area contributed by atoms with Crippen LogP contribution in [0.15, 0.2) is 48.5 Å². The number of likely N-dealkylation sites (tertiary alicyclic amines) is 1. The first-order chi connectivity index (χ1) is 17.3. The Labute approximate surface area is 211 Å². The normalized spacial score (nSPS) is 17.8. The van der Waals surface area contributed by atoms with Gasteiger partial charge in [0.1, 0.15) is 5.75 Å². The van der Waals surface area contributed by atoms with Gasteiger partial charge in [-0.15, -0.1) is 0 Å². The van der Waals surface area contributed by atoms with E-state index in [0.29, 0.717) is 12.5 Å². The van der Waals surface area contributed by atoms with Crippen LogP contribution >= 0.6 is 0 Å². The van der Waals surface area contributed by atoms with Gasteiger partial charge < -0.3 is 19.9 Å². The Morgan fingerprint density at radius 3 is 2.17 bits per heavy atom. The van der Waals surface area contributed by atoms with Gasteiger partial charge in [0.2, 0.25) is 5.91 Å². The van der Waals surface area contributed by atoms with Crippen molar-refractivity contribution in [1.82, 2.24) is 9.80 Å². The maximum absolute atomic E-state index is 12.8. The van der Waals surface area contributed by atoms with Crippen LogP contribution in [0.2, 0.25) is 0 Å². The van der Waals surface area contributed by atoms with E-state index in [1.807, 2.05) is 29.2 Å². The highest BCUT2D eigenvalue weighted by molar-refractivity contribution is 5.76. The molecular formula is C27H35F3N4O2. The molecule has 2 saturated heterocycles. The quantitative estimate of drug-likeness (QED) is 0.564. The van der Waals surface area contributed by atoms with Gasteiger partial charge >= 0.3 is 6.18 Å². The topological polar surface area (TPSA) is 48.1 Å². The zero-order chi connectivity index (χ0) is 25.5. The number of carbonyl (C=O) groups excluding carboxylic acids is 1. The molecule has 1 amide bonds. The standard InChI is InChI=1S/C27H35F3N4O2/c1-36-25-10-6-22(7-11-25)31-23-12-15-34(16-13-23)26(35)3-2-14-32-17-19-33(20-18-32)24-8-4-21(5-9-24)27(28,29)30/h4-11,23,31H,2-3,12-20H2,1H3. The van der Waals surface area contributed by atoms with Gasteiger partial charge in [0.25, 0.3) is 0 Å². The van der Waals surface area contributed by atoms with Gasteiger partial charge in [-0.05, 0) is 74.3 Å². The maximum Gasteiger partial charge on any atom is 0.416 e. The van der Waals surface area contributed by atoms with Gasteiger partial charge in [-0.3, -0.25) is 9.69 Å². The summed E-state index contributed by atoms with van der Waals surface area (Å²) in [7, 11) is 1.65. The van der Waals surface area contributed by atoms with E-state index in [9.17, 15) is 18.0 Å². The van der Waals surface area contributed by atoms with Gasteiger partial charge in [-0.1, -0.05) is 0 Å². The summed E-state index contributed by atoms with van der Waals surface area (Å²) in [6.07, 6.45) is -1.06. The summed E-state index contributed by atoms with van der Waals surface area (Å²) in [4.78, 5) is 19.1. The number of nitrogens with one attached hydrogen (secondary N) is 1. The summed E-state index contributed by atoms with van der Waals surface area (Å²) < 4.78 is 43.5. The van der Waals surface area contributed by atoms with Crippen molar-refractivity contribution in [2.24, 2.45) is 0 Å². The third kappa shape index (κ3) is 7.06. The van der Waals surface area contributed by atoms with Gasteiger partial charge in [0.15, 0.2) is 0 Å². The Kier molecular flexibility index (Phi) is 8.61. The molecule has 0 unspecified atom stereocenters. The Hall–Kier alpha value is -2.94. The molecule has 4 rings (SSSR count). The van der Waals surface area contributed by atoms with Crippen molar-refractivity contribution in [3.05, 3.63) is 54.1 Å². The first kappa shape index (κ1) is 26.1. The van der Waals surface area contributed by atoms with E-state index in [4.69, 9.17) is 4.74 Å². The summed E-state index contributed by atoms with van der Waals surface area (Å²) in [5.74, 6) is 1.06. The van der Waals surface area contributed by atoms with Crippen LogP contribution in [0.1, 0.15) is 31.2 Å². The van der Waals surface area contributed by atoms with Gasteiger partial charge in [-0.2, -0.15) is 13.2 Å². The minimum Gasteiger partial charge on any atom is -0.497 e. The Morgan fingerprint density at radius 1 is 0.944 bits per heavy atom. The highest BCUT2D eigenvalue weighted by atomic mass is 19.4. The number of benzene rings is 2. The number of hydrogen-bond donors (Lipinski definition) is 1. The summed E-state index contributed by atoms with van der Waals surface area (Å²) >= 11 is 0. The summed E-state index contributed by atoms with van der Waals surface area (Å²) in [5, 5.41) is 3.55. The number of ether oxygens (including phenoxy) is 1. The Balaban J connectivity index is 1.11. The molecule has 0 atom stereocenters. The van der Waals surface area contributed by atoms with Crippen LogP contribution in [0.5, 0.6) is 5.75 Å². The predicted molar refractivity (Wildman–Crippen MR) is 136 cm³/mol. The fourth-order valence-electron chi connectivity index (χ4n) is 4.90. The first-order valence-corrected chi connectivity index (χ1v) is 12.6. The largest absolute Gasteiger partial charge is 0.497 e. The van der Waals surface area contributed by atoms with E-state index in [0.717, 1.165) is 94.3 Å². The van der Waals surface area contributed by atoms with Crippen LogP contribution in [-0.2, 0) is 11.0 Å². The minimum absolute atomic E-state index is 0.223. The molecule has 2 aromatic rings. The number of rotatable bonds is 8. The van der Waals surface area contributed by atoms with Crippen molar-refractivity contribution >= 4 is 17.3 Å². The number of anilines is 2. The summed E-state index contributed by atoms with van der Waals surface area (Å²) in [6, 6.07) is 13.7. The zero-order valence-electron chi connectivity index (χ0n) is 20.8. The van der Waals surface area contributed by atoms with E-state index >= 15 is 0 Å². The molecule has 0 aliphatic carbocycles. The lowest BCUT2D eigenvalue weighted by molar-refractivity contribution is -0.137. The molecule has 0 radical (unpaired) electrons. The van der Waals surface area contributed by atoms with Gasteiger partial charge in [-0.25, -0.2) is 0 Å². The number of amides is 1. The number of nitrogens with zero attached hydrogens (tertiary/aromatic N) is 3. The average Bonchev–Trinajstić information content (AvgIpc) is 2.89. The van der Waals surface area contributed by atoms with Crippen molar-refractivity contribution in [2.45, 2.75) is 37.9 Å². The Morgan fingerprint density at radius 2 is 1.58 bits per heavy atom. The van der Waals surface area contributed by atoms with Crippen molar-refractivity contribution in [3.63, 3.8) is 0 Å². The molecule has 9 heteroatoms. The number of carbonyl (C=O) groups is 1. The van der Waals surface area contributed by atoms with Crippen molar-refractivity contribution in [1.29, 1.82) is 0 Å². The number of halogens is 3. The molecule has 0 aromatic heterocycles. The van der Waals surface area contributed by atoms with Crippen LogP contribution in [0.25, 0.3) is 0 Å². The molecule has 2 heterocycles. The zero-order valence-corrected chi connectivity index (χ0v) is 20.8. The average molecular weight is 505 g/mol. The molecule has 0 spiro atoms. The summed E-state index contributed by atoms with van der Waals surface area (Å²) in [6.45, 7) is 5.65. The molecule has 36 heavy (non-hydrogen) atoms. The fraction of sp³-hybridized carbons (Fsp3) is 0.519. The molecule has 6 nitrogen and oxygen atoms in total. The van der Waals surface area contributed by atoms with Crippen molar-refractivity contribution < 1.29 is 22.7 Å². The second-order valence-corrected chi connectivity index (χ2v) is 9.50. The third-order valence-electron chi connectivity index (χ3n) is 7.11. The van der Waals surface area contributed by atoms with Crippen molar-refractivity contribution in [3.8, 4) is 5.75 Å². The number of piperidine rings is 1. The van der Waals surface area contributed by atoms with E-state index < -0.39 is 11.7 Å². The SMILES string of the molecule is COc1ccc(NC2CCN(C(=O)CCCN3CCN(c4ccc(C(F)(F)F)cc4)CC3)CC2)cc1. The van der Waals surface area contributed by atoms with Crippen molar-refractivity contribution in [2.75, 3.05) is 63.1 Å². The lowest BCUT2D eigenvalue weighted by atomic mass is 10.0. The molecule has 2 aliphatic rings. The minimum atomic E-state index is -4.31. The molecule has 0 saturated carbocycles. The summed E-state index contributed by atoms with van der Waals surface area (Å²) in [5.41, 5.74) is 1.27. The molecule has 0 bridgehead atoms. The van der Waals surface area contributed by atoms with E-state index in [2.05, 4.69) is 15.1 Å². The number of hydrogen-bond acceptors (Lipinski definition) is 5. The lowest BCUT2D eigenvalue weighted by Crippen LogP contribution is -2.47. The van der Waals surface area contributed by atoms with E-state index in [1.54, 1.807) is 19.2 Å². The second kappa shape index (κ2) is 11.9. The van der Waals surface area contributed by atoms with E-state index in [1.165, 1.54) is 0 Å². The second-order valence-electron chi connectivity index (χ2n) is 9.50. The maximum atomic E-state index is 12.8. The highest BCUT2D eigenvalue weighted by Gasteiger charge is 2.30. The molecule has 196 valence electrons. The smallest absolute Gasteiger partial charge is 0.416 e. The highest BCUT2D eigenvalue weighted by Crippen LogP contribution is 2.30. The molecular weight excluding hydrogens is 469 g/mol. The lowest BCUT2D eigenvalue weighted by Gasteiger charge is -2.36. The van der Waals surface area contributed by atoms with E-state index in [-0.39, 0.29) is 5.91 Å². The number of piperazine rings is 1. The van der Waals surface area contributed by atoms with Gasteiger partial charge in [0, 0.05) is 63.1 Å². The Bertz CT molecular complexity index is 966. The molecule has 2 fully saturated rings. The number of alkyl halides is 3. The van der Waals surface area contributed by atoms with Gasteiger partial charge in [0.05, 0.1) is 12.7 Å².